The lowest BCUT2D eigenvalue weighted by Crippen LogP contribution is -2.51. The van der Waals surface area contributed by atoms with E-state index >= 15 is 0 Å². The third kappa shape index (κ3) is 2.31. The van der Waals surface area contributed by atoms with Gasteiger partial charge in [-0.1, -0.05) is 0 Å². The molecule has 0 aromatic carbocycles. The number of hydrogen-bond acceptors (Lipinski definition) is 5. The summed E-state index contributed by atoms with van der Waals surface area (Å²) in [7, 11) is -3.92. The molecule has 1 amide bonds. The number of sulfonamides is 1. The highest BCUT2D eigenvalue weighted by molar-refractivity contribution is 7.90. The SMILES string of the molecule is O=C(NS(=O)(=O)c1cnccn1)C1C2CC3CC(C2)CC1C3. The zero-order valence-electron chi connectivity index (χ0n) is 12.2. The van der Waals surface area contributed by atoms with Gasteiger partial charge >= 0.3 is 0 Å². The van der Waals surface area contributed by atoms with Gasteiger partial charge in [0.15, 0.2) is 5.03 Å². The second-order valence-corrected chi connectivity index (χ2v) is 8.60. The number of aromatic nitrogens is 2. The molecule has 1 aromatic rings. The highest BCUT2D eigenvalue weighted by Crippen LogP contribution is 2.56. The van der Waals surface area contributed by atoms with Crippen LogP contribution in [0.2, 0.25) is 0 Å². The fraction of sp³-hybridized carbons (Fsp3) is 0.667. The van der Waals surface area contributed by atoms with Crippen molar-refractivity contribution in [3.05, 3.63) is 18.6 Å². The van der Waals surface area contributed by atoms with Gasteiger partial charge in [-0.2, -0.15) is 8.42 Å². The van der Waals surface area contributed by atoms with E-state index in [4.69, 9.17) is 0 Å². The lowest BCUT2D eigenvalue weighted by Gasteiger charge is -2.53. The summed E-state index contributed by atoms with van der Waals surface area (Å²) in [5.74, 6) is 1.71. The Hall–Kier alpha value is -1.50. The third-order valence-electron chi connectivity index (χ3n) is 5.58. The summed E-state index contributed by atoms with van der Waals surface area (Å²) in [5, 5.41) is -0.202. The Morgan fingerprint density at radius 3 is 2.23 bits per heavy atom. The summed E-state index contributed by atoms with van der Waals surface area (Å²) < 4.78 is 26.7. The first-order valence-corrected chi connectivity index (χ1v) is 9.34. The Kier molecular flexibility index (Phi) is 3.21. The predicted octanol–water partition coefficient (Wildman–Crippen LogP) is 1.35. The van der Waals surface area contributed by atoms with Gasteiger partial charge in [-0.3, -0.25) is 9.78 Å². The lowest BCUT2D eigenvalue weighted by molar-refractivity contribution is -0.136. The van der Waals surface area contributed by atoms with Crippen LogP contribution in [0.1, 0.15) is 32.1 Å². The molecule has 118 valence electrons. The topological polar surface area (TPSA) is 89.0 Å². The van der Waals surface area contributed by atoms with Gasteiger partial charge in [0, 0.05) is 18.3 Å². The van der Waals surface area contributed by atoms with Crippen molar-refractivity contribution < 1.29 is 13.2 Å². The normalized spacial score (nSPS) is 36.3. The molecule has 4 bridgehead atoms. The molecule has 0 aliphatic heterocycles. The Morgan fingerprint density at radius 1 is 1.05 bits per heavy atom. The van der Waals surface area contributed by atoms with E-state index in [0.29, 0.717) is 11.8 Å². The summed E-state index contributed by atoms with van der Waals surface area (Å²) in [6.45, 7) is 0. The van der Waals surface area contributed by atoms with Gasteiger partial charge in [-0.15, -0.1) is 0 Å². The molecule has 1 aromatic heterocycles. The largest absolute Gasteiger partial charge is 0.283 e. The van der Waals surface area contributed by atoms with E-state index in [-0.39, 0.29) is 16.9 Å². The summed E-state index contributed by atoms with van der Waals surface area (Å²) in [5.41, 5.74) is 0. The van der Waals surface area contributed by atoms with E-state index in [1.54, 1.807) is 0 Å². The highest BCUT2D eigenvalue weighted by atomic mass is 32.2. The molecular formula is C15H19N3O3S. The summed E-state index contributed by atoms with van der Waals surface area (Å²) >= 11 is 0. The molecule has 4 fully saturated rings. The van der Waals surface area contributed by atoms with Crippen LogP contribution in [-0.2, 0) is 14.8 Å². The second-order valence-electron chi connectivity index (χ2n) is 6.97. The molecule has 22 heavy (non-hydrogen) atoms. The van der Waals surface area contributed by atoms with Crippen LogP contribution in [0.25, 0.3) is 0 Å². The third-order valence-corrected chi connectivity index (χ3v) is 6.81. The number of rotatable bonds is 3. The molecule has 1 heterocycles. The quantitative estimate of drug-likeness (QED) is 0.908. The van der Waals surface area contributed by atoms with Gasteiger partial charge in [0.05, 0.1) is 6.20 Å². The van der Waals surface area contributed by atoms with Crippen LogP contribution in [-0.4, -0.2) is 24.3 Å². The summed E-state index contributed by atoms with van der Waals surface area (Å²) in [6, 6.07) is 0. The highest BCUT2D eigenvalue weighted by Gasteiger charge is 2.51. The van der Waals surface area contributed by atoms with Gasteiger partial charge in [0.1, 0.15) is 0 Å². The Labute approximate surface area is 129 Å². The average molecular weight is 321 g/mol. The number of nitrogens with zero attached hydrogens (tertiary/aromatic N) is 2. The molecule has 0 atom stereocenters. The van der Waals surface area contributed by atoms with Crippen LogP contribution in [0, 0.1) is 29.6 Å². The zero-order valence-corrected chi connectivity index (χ0v) is 13.0. The van der Waals surface area contributed by atoms with Crippen molar-refractivity contribution in [2.45, 2.75) is 37.1 Å². The minimum absolute atomic E-state index is 0.153. The molecule has 5 rings (SSSR count). The van der Waals surface area contributed by atoms with Gasteiger partial charge in [-0.25, -0.2) is 9.71 Å². The number of hydrogen-bond donors (Lipinski definition) is 1. The fourth-order valence-electron chi connectivity index (χ4n) is 5.03. The van der Waals surface area contributed by atoms with Crippen molar-refractivity contribution in [1.29, 1.82) is 0 Å². The Bertz CT molecular complexity index is 661. The van der Waals surface area contributed by atoms with E-state index in [0.717, 1.165) is 43.7 Å². The van der Waals surface area contributed by atoms with E-state index in [1.165, 1.54) is 18.8 Å². The van der Waals surface area contributed by atoms with Crippen LogP contribution >= 0.6 is 0 Å². The van der Waals surface area contributed by atoms with Crippen LogP contribution in [0.15, 0.2) is 23.6 Å². The number of carbonyl (C=O) groups is 1. The van der Waals surface area contributed by atoms with Crippen LogP contribution in [0.4, 0.5) is 0 Å². The van der Waals surface area contributed by atoms with E-state index in [1.807, 2.05) is 0 Å². The molecule has 0 radical (unpaired) electrons. The van der Waals surface area contributed by atoms with Crippen molar-refractivity contribution >= 4 is 15.9 Å². The lowest BCUT2D eigenvalue weighted by atomic mass is 9.52. The molecule has 1 N–H and O–H groups in total. The number of carbonyl (C=O) groups excluding carboxylic acids is 1. The zero-order chi connectivity index (χ0) is 15.3. The maximum absolute atomic E-state index is 12.6. The first-order chi connectivity index (χ1) is 10.5. The van der Waals surface area contributed by atoms with Gasteiger partial charge in [0.25, 0.3) is 10.0 Å². The molecule has 6 nitrogen and oxygen atoms in total. The molecule has 4 aliphatic rings. The fourth-order valence-corrected chi connectivity index (χ4v) is 5.94. The van der Waals surface area contributed by atoms with Crippen molar-refractivity contribution in [2.24, 2.45) is 29.6 Å². The standard InChI is InChI=1S/C15H19N3O3S/c19-15(18-22(20,21)13-8-16-1-2-17-13)14-11-4-9-3-10(6-11)7-12(14)5-9/h1-2,8-12,14H,3-7H2,(H,18,19). The molecule has 7 heteroatoms. The van der Waals surface area contributed by atoms with E-state index in [2.05, 4.69) is 14.7 Å². The first kappa shape index (κ1) is 14.1. The van der Waals surface area contributed by atoms with Crippen molar-refractivity contribution in [1.82, 2.24) is 14.7 Å². The predicted molar refractivity (Wildman–Crippen MR) is 77.9 cm³/mol. The average Bonchev–Trinajstić information content (AvgIpc) is 2.46. The molecule has 0 saturated heterocycles. The smallest absolute Gasteiger partial charge is 0.274 e. The Morgan fingerprint density at radius 2 is 1.68 bits per heavy atom. The molecule has 0 spiro atoms. The van der Waals surface area contributed by atoms with E-state index < -0.39 is 10.0 Å². The van der Waals surface area contributed by atoms with E-state index in [9.17, 15) is 13.2 Å². The minimum atomic E-state index is -3.92. The van der Waals surface area contributed by atoms with Crippen molar-refractivity contribution in [3.63, 3.8) is 0 Å². The summed E-state index contributed by atoms with van der Waals surface area (Å²) in [6.07, 6.45) is 9.49. The molecule has 4 aliphatic carbocycles. The Balaban J connectivity index is 1.53. The van der Waals surface area contributed by atoms with Crippen LogP contribution in [0.5, 0.6) is 0 Å². The van der Waals surface area contributed by atoms with Crippen LogP contribution < -0.4 is 4.72 Å². The van der Waals surface area contributed by atoms with Gasteiger partial charge in [-0.05, 0) is 55.8 Å². The van der Waals surface area contributed by atoms with Crippen LogP contribution in [0.3, 0.4) is 0 Å². The number of nitrogens with one attached hydrogen (secondary N) is 1. The first-order valence-electron chi connectivity index (χ1n) is 7.85. The van der Waals surface area contributed by atoms with Gasteiger partial charge in [0.2, 0.25) is 5.91 Å². The number of amides is 1. The molecule has 0 unspecified atom stereocenters. The van der Waals surface area contributed by atoms with Gasteiger partial charge < -0.3 is 0 Å². The second kappa shape index (κ2) is 5.01. The maximum atomic E-state index is 12.6. The molecular weight excluding hydrogens is 302 g/mol. The maximum Gasteiger partial charge on any atom is 0.283 e. The molecule has 4 saturated carbocycles. The van der Waals surface area contributed by atoms with Crippen molar-refractivity contribution in [2.75, 3.05) is 0 Å². The van der Waals surface area contributed by atoms with Crippen molar-refractivity contribution in [3.8, 4) is 0 Å². The summed E-state index contributed by atoms with van der Waals surface area (Å²) in [4.78, 5) is 20.1. The monoisotopic (exact) mass is 321 g/mol. The minimum Gasteiger partial charge on any atom is -0.274 e.